The number of fused-ring (bicyclic) bond motifs is 1. The van der Waals surface area contributed by atoms with Crippen LogP contribution in [-0.2, 0) is 14.8 Å². The number of hydrogen-bond acceptors (Lipinski definition) is 4. The molecule has 1 amide bonds. The maximum absolute atomic E-state index is 13.5. The van der Waals surface area contributed by atoms with Crippen LogP contribution in [0.2, 0.25) is 0 Å². The SMILES string of the molecule is CC1CCN(C(=O)C2CCCN(S(=O)(=O)c3ccc(F)cc3)C2)c2ccccc2S1. The van der Waals surface area contributed by atoms with Gasteiger partial charge in [0.25, 0.3) is 0 Å². The smallest absolute Gasteiger partial charge is 0.243 e. The molecule has 0 saturated carbocycles. The highest BCUT2D eigenvalue weighted by atomic mass is 32.2. The molecule has 30 heavy (non-hydrogen) atoms. The van der Waals surface area contributed by atoms with Gasteiger partial charge in [0.2, 0.25) is 15.9 Å². The molecule has 2 unspecified atom stereocenters. The van der Waals surface area contributed by atoms with E-state index in [1.54, 1.807) is 11.8 Å². The van der Waals surface area contributed by atoms with Crippen LogP contribution in [0.15, 0.2) is 58.3 Å². The quantitative estimate of drug-likeness (QED) is 0.708. The second kappa shape index (κ2) is 8.69. The lowest BCUT2D eigenvalue weighted by molar-refractivity contribution is -0.123. The van der Waals surface area contributed by atoms with Crippen molar-refractivity contribution in [3.05, 3.63) is 54.3 Å². The van der Waals surface area contributed by atoms with Crippen molar-refractivity contribution in [1.82, 2.24) is 4.31 Å². The van der Waals surface area contributed by atoms with E-state index in [1.165, 1.54) is 16.4 Å². The summed E-state index contributed by atoms with van der Waals surface area (Å²) in [6.07, 6.45) is 2.17. The van der Waals surface area contributed by atoms with Gasteiger partial charge < -0.3 is 4.90 Å². The average Bonchev–Trinajstić information content (AvgIpc) is 2.92. The third-order valence-electron chi connectivity index (χ3n) is 5.69. The van der Waals surface area contributed by atoms with E-state index in [2.05, 4.69) is 6.92 Å². The normalized spacial score (nSPS) is 22.9. The molecule has 5 nitrogen and oxygen atoms in total. The molecule has 0 aromatic heterocycles. The van der Waals surface area contributed by atoms with E-state index in [1.807, 2.05) is 29.2 Å². The van der Waals surface area contributed by atoms with Gasteiger partial charge >= 0.3 is 0 Å². The van der Waals surface area contributed by atoms with Crippen LogP contribution in [0.3, 0.4) is 0 Å². The number of nitrogens with zero attached hydrogens (tertiary/aromatic N) is 2. The van der Waals surface area contributed by atoms with Crippen molar-refractivity contribution < 1.29 is 17.6 Å². The highest BCUT2D eigenvalue weighted by Gasteiger charge is 2.36. The first-order chi connectivity index (χ1) is 14.4. The zero-order valence-corrected chi connectivity index (χ0v) is 18.5. The summed E-state index contributed by atoms with van der Waals surface area (Å²) < 4.78 is 40.6. The standard InChI is InChI=1S/C22H25FN2O3S2/c1-16-12-14-25(20-6-2-3-7-21(20)29-16)22(26)17-5-4-13-24(15-17)30(27,28)19-10-8-18(23)9-11-19/h2-3,6-11,16-17H,4-5,12-15H2,1H3. The molecule has 1 fully saturated rings. The van der Waals surface area contributed by atoms with Gasteiger partial charge in [-0.05, 0) is 55.7 Å². The number of benzene rings is 2. The van der Waals surface area contributed by atoms with Crippen molar-refractivity contribution in [2.75, 3.05) is 24.5 Å². The fourth-order valence-electron chi connectivity index (χ4n) is 4.05. The molecule has 0 spiro atoms. The van der Waals surface area contributed by atoms with Gasteiger partial charge in [-0.2, -0.15) is 4.31 Å². The maximum atomic E-state index is 13.5. The van der Waals surface area contributed by atoms with Crippen LogP contribution in [0.1, 0.15) is 26.2 Å². The Balaban J connectivity index is 1.56. The molecule has 0 aliphatic carbocycles. The molecule has 2 aliphatic rings. The number of para-hydroxylation sites is 1. The maximum Gasteiger partial charge on any atom is 0.243 e. The van der Waals surface area contributed by atoms with Gasteiger partial charge in [-0.3, -0.25) is 4.79 Å². The predicted molar refractivity (Wildman–Crippen MR) is 117 cm³/mol. The first-order valence-corrected chi connectivity index (χ1v) is 12.5. The lowest BCUT2D eigenvalue weighted by atomic mass is 9.97. The van der Waals surface area contributed by atoms with Crippen molar-refractivity contribution in [1.29, 1.82) is 0 Å². The molecule has 8 heteroatoms. The van der Waals surface area contributed by atoms with Gasteiger partial charge in [0.15, 0.2) is 0 Å². The highest BCUT2D eigenvalue weighted by Crippen LogP contribution is 2.38. The number of amides is 1. The molecule has 2 aromatic rings. The fraction of sp³-hybridized carbons (Fsp3) is 0.409. The van der Waals surface area contributed by atoms with Crippen molar-refractivity contribution in [2.24, 2.45) is 5.92 Å². The van der Waals surface area contributed by atoms with Crippen LogP contribution in [-0.4, -0.2) is 43.5 Å². The first kappa shape index (κ1) is 21.3. The Morgan fingerprint density at radius 1 is 1.07 bits per heavy atom. The predicted octanol–water partition coefficient (Wildman–Crippen LogP) is 4.14. The summed E-state index contributed by atoms with van der Waals surface area (Å²) in [4.78, 5) is 16.5. The van der Waals surface area contributed by atoms with E-state index < -0.39 is 15.8 Å². The zero-order valence-electron chi connectivity index (χ0n) is 16.8. The van der Waals surface area contributed by atoms with E-state index >= 15 is 0 Å². The highest BCUT2D eigenvalue weighted by molar-refractivity contribution is 8.00. The zero-order chi connectivity index (χ0) is 21.3. The van der Waals surface area contributed by atoms with E-state index in [0.717, 1.165) is 29.1 Å². The van der Waals surface area contributed by atoms with Crippen LogP contribution in [0, 0.1) is 11.7 Å². The molecular formula is C22H25FN2O3S2. The third-order valence-corrected chi connectivity index (χ3v) is 8.81. The summed E-state index contributed by atoms with van der Waals surface area (Å²) in [5, 5.41) is 0.408. The second-order valence-corrected chi connectivity index (χ2v) is 11.2. The van der Waals surface area contributed by atoms with Crippen molar-refractivity contribution in [3.63, 3.8) is 0 Å². The minimum absolute atomic E-state index is 0.0174. The Morgan fingerprint density at radius 3 is 2.57 bits per heavy atom. The Hall–Kier alpha value is -1.90. The van der Waals surface area contributed by atoms with Gasteiger partial charge in [0.1, 0.15) is 5.82 Å². The van der Waals surface area contributed by atoms with E-state index in [4.69, 9.17) is 0 Å². The van der Waals surface area contributed by atoms with Gasteiger partial charge in [0.05, 0.1) is 16.5 Å². The molecule has 1 saturated heterocycles. The van der Waals surface area contributed by atoms with Gasteiger partial charge in [-0.25, -0.2) is 12.8 Å². The van der Waals surface area contributed by atoms with Gasteiger partial charge in [-0.15, -0.1) is 11.8 Å². The van der Waals surface area contributed by atoms with E-state index in [0.29, 0.717) is 31.2 Å². The Bertz CT molecular complexity index is 1030. The Labute approximate surface area is 181 Å². The van der Waals surface area contributed by atoms with Crippen molar-refractivity contribution in [3.8, 4) is 0 Å². The molecule has 2 aromatic carbocycles. The van der Waals surface area contributed by atoms with Crippen molar-refractivity contribution >= 4 is 33.4 Å². The molecule has 0 bridgehead atoms. The van der Waals surface area contributed by atoms with E-state index in [9.17, 15) is 17.6 Å². The number of thioether (sulfide) groups is 1. The monoisotopic (exact) mass is 448 g/mol. The summed E-state index contributed by atoms with van der Waals surface area (Å²) in [5.74, 6) is -0.885. The summed E-state index contributed by atoms with van der Waals surface area (Å²) in [6.45, 7) is 3.31. The third kappa shape index (κ3) is 4.26. The Morgan fingerprint density at radius 2 is 1.80 bits per heavy atom. The lowest BCUT2D eigenvalue weighted by Gasteiger charge is -2.34. The molecular weight excluding hydrogens is 423 g/mol. The number of carbonyl (C=O) groups is 1. The molecule has 2 heterocycles. The van der Waals surface area contributed by atoms with Crippen LogP contribution >= 0.6 is 11.8 Å². The van der Waals surface area contributed by atoms with E-state index in [-0.39, 0.29) is 23.3 Å². The molecule has 2 aliphatic heterocycles. The van der Waals surface area contributed by atoms with Crippen LogP contribution in [0.5, 0.6) is 0 Å². The molecule has 160 valence electrons. The molecule has 0 N–H and O–H groups in total. The summed E-state index contributed by atoms with van der Waals surface area (Å²) >= 11 is 1.77. The average molecular weight is 449 g/mol. The number of piperidine rings is 1. The molecule has 2 atom stereocenters. The number of carbonyl (C=O) groups excluding carboxylic acids is 1. The first-order valence-electron chi connectivity index (χ1n) is 10.2. The van der Waals surface area contributed by atoms with Crippen molar-refractivity contribution in [2.45, 2.75) is 41.2 Å². The fourth-order valence-corrected chi connectivity index (χ4v) is 6.69. The van der Waals surface area contributed by atoms with Crippen LogP contribution in [0.25, 0.3) is 0 Å². The number of hydrogen-bond donors (Lipinski definition) is 0. The topological polar surface area (TPSA) is 57.7 Å². The largest absolute Gasteiger partial charge is 0.311 e. The number of anilines is 1. The number of halogens is 1. The number of sulfonamides is 1. The minimum Gasteiger partial charge on any atom is -0.311 e. The second-order valence-electron chi connectivity index (χ2n) is 7.83. The molecule has 4 rings (SSSR count). The number of rotatable bonds is 3. The molecule has 0 radical (unpaired) electrons. The van der Waals surface area contributed by atoms with Crippen LogP contribution in [0.4, 0.5) is 10.1 Å². The van der Waals surface area contributed by atoms with Gasteiger partial charge in [0, 0.05) is 29.8 Å². The summed E-state index contributed by atoms with van der Waals surface area (Å²) in [5.41, 5.74) is 0.912. The van der Waals surface area contributed by atoms with Gasteiger partial charge in [-0.1, -0.05) is 19.1 Å². The summed E-state index contributed by atoms with van der Waals surface area (Å²) in [7, 11) is -3.76. The minimum atomic E-state index is -3.76. The Kier molecular flexibility index (Phi) is 6.18. The summed E-state index contributed by atoms with van der Waals surface area (Å²) in [6, 6.07) is 12.8. The van der Waals surface area contributed by atoms with Crippen LogP contribution < -0.4 is 4.90 Å². The lowest BCUT2D eigenvalue weighted by Crippen LogP contribution is -2.47.